The van der Waals surface area contributed by atoms with Gasteiger partial charge in [-0.2, -0.15) is 0 Å². The molecule has 0 aliphatic carbocycles. The van der Waals surface area contributed by atoms with Crippen LogP contribution < -0.4 is 9.47 Å². The van der Waals surface area contributed by atoms with Crippen molar-refractivity contribution in [2.24, 2.45) is 0 Å². The Kier molecular flexibility index (Phi) is 3.38. The van der Waals surface area contributed by atoms with Crippen molar-refractivity contribution >= 4 is 0 Å². The highest BCUT2D eigenvalue weighted by Gasteiger charge is 2.02. The van der Waals surface area contributed by atoms with Gasteiger partial charge < -0.3 is 9.47 Å². The van der Waals surface area contributed by atoms with Crippen LogP contribution in [-0.4, -0.2) is 12.1 Å². The maximum atomic E-state index is 5.51. The largest absolute Gasteiger partial charge is 0.496 e. The van der Waals surface area contributed by atoms with Gasteiger partial charge in [0.05, 0.1) is 13.3 Å². The van der Waals surface area contributed by atoms with E-state index < -0.39 is 0 Å². The Labute approximate surface area is 94.7 Å². The van der Waals surface area contributed by atoms with Gasteiger partial charge in [-0.05, 0) is 12.1 Å². The number of aromatic nitrogens is 1. The summed E-state index contributed by atoms with van der Waals surface area (Å²) < 4.78 is 10.7. The number of hydrogen-bond donors (Lipinski definition) is 0. The molecule has 1 aromatic heterocycles. The first-order chi connectivity index (χ1) is 7.90. The number of hydrogen-bond acceptors (Lipinski definition) is 3. The van der Waals surface area contributed by atoms with Crippen molar-refractivity contribution in [1.29, 1.82) is 0 Å². The van der Waals surface area contributed by atoms with E-state index in [9.17, 15) is 0 Å². The van der Waals surface area contributed by atoms with Crippen LogP contribution in [0.4, 0.5) is 0 Å². The zero-order valence-corrected chi connectivity index (χ0v) is 9.01. The predicted molar refractivity (Wildman–Crippen MR) is 60.4 cm³/mol. The smallest absolute Gasteiger partial charge is 0.214 e. The van der Waals surface area contributed by atoms with Gasteiger partial charge in [0.1, 0.15) is 12.4 Å². The molecule has 0 unspecified atom stereocenters. The first-order valence-corrected chi connectivity index (χ1v) is 4.98. The highest BCUT2D eigenvalue weighted by Crippen LogP contribution is 2.18. The summed E-state index contributed by atoms with van der Waals surface area (Å²) in [5.41, 5.74) is 0.996. The molecule has 0 bridgehead atoms. The summed E-state index contributed by atoms with van der Waals surface area (Å²) in [6.45, 7) is 0.439. The van der Waals surface area contributed by atoms with Gasteiger partial charge in [0, 0.05) is 11.6 Å². The summed E-state index contributed by atoms with van der Waals surface area (Å²) in [6, 6.07) is 13.1. The minimum Gasteiger partial charge on any atom is -0.496 e. The number of pyridine rings is 1. The molecule has 0 atom stereocenters. The number of methoxy groups -OCH3 is 1. The number of rotatable bonds is 4. The molecule has 0 aliphatic heterocycles. The van der Waals surface area contributed by atoms with Gasteiger partial charge in [-0.25, -0.2) is 4.98 Å². The van der Waals surface area contributed by atoms with Crippen molar-refractivity contribution in [2.45, 2.75) is 6.61 Å². The minimum atomic E-state index is 0.439. The Morgan fingerprint density at radius 3 is 2.81 bits per heavy atom. The van der Waals surface area contributed by atoms with Crippen molar-refractivity contribution in [3.63, 3.8) is 0 Å². The van der Waals surface area contributed by atoms with Crippen LogP contribution in [0.3, 0.4) is 0 Å². The molecule has 0 saturated carbocycles. The van der Waals surface area contributed by atoms with Crippen molar-refractivity contribution < 1.29 is 9.47 Å². The van der Waals surface area contributed by atoms with Gasteiger partial charge in [-0.3, -0.25) is 0 Å². The normalized spacial score (nSPS) is 9.81. The Balaban J connectivity index is 2.05. The lowest BCUT2D eigenvalue weighted by Gasteiger charge is -2.08. The van der Waals surface area contributed by atoms with Gasteiger partial charge in [-0.15, -0.1) is 0 Å². The number of nitrogens with zero attached hydrogens (tertiary/aromatic N) is 1. The van der Waals surface area contributed by atoms with E-state index in [1.165, 1.54) is 0 Å². The molecule has 1 radical (unpaired) electrons. The van der Waals surface area contributed by atoms with Gasteiger partial charge >= 0.3 is 0 Å². The Morgan fingerprint density at radius 2 is 2.06 bits per heavy atom. The number of para-hydroxylation sites is 1. The summed E-state index contributed by atoms with van der Waals surface area (Å²) in [4.78, 5) is 3.96. The third-order valence-corrected chi connectivity index (χ3v) is 2.15. The second-order valence-corrected chi connectivity index (χ2v) is 3.21. The lowest BCUT2D eigenvalue weighted by Crippen LogP contribution is -1.99. The van der Waals surface area contributed by atoms with E-state index in [-0.39, 0.29) is 0 Å². The van der Waals surface area contributed by atoms with Crippen molar-refractivity contribution in [2.75, 3.05) is 7.11 Å². The second-order valence-electron chi connectivity index (χ2n) is 3.21. The Hall–Kier alpha value is -2.03. The van der Waals surface area contributed by atoms with E-state index in [4.69, 9.17) is 9.47 Å². The van der Waals surface area contributed by atoms with Crippen molar-refractivity contribution in [3.05, 3.63) is 54.2 Å². The van der Waals surface area contributed by atoms with E-state index in [1.807, 2.05) is 30.3 Å². The molecule has 16 heavy (non-hydrogen) atoms. The molecule has 0 amide bonds. The van der Waals surface area contributed by atoms with E-state index in [2.05, 4.69) is 11.2 Å². The van der Waals surface area contributed by atoms with Crippen LogP contribution in [0.5, 0.6) is 11.6 Å². The lowest BCUT2D eigenvalue weighted by molar-refractivity contribution is 0.285. The molecule has 0 aliphatic rings. The third-order valence-electron chi connectivity index (χ3n) is 2.15. The number of benzene rings is 1. The molecule has 3 nitrogen and oxygen atoms in total. The minimum absolute atomic E-state index is 0.439. The molecule has 1 aromatic carbocycles. The van der Waals surface area contributed by atoms with E-state index in [0.717, 1.165) is 11.3 Å². The third kappa shape index (κ3) is 2.51. The highest BCUT2D eigenvalue weighted by molar-refractivity contribution is 5.32. The van der Waals surface area contributed by atoms with Crippen LogP contribution in [0.1, 0.15) is 5.56 Å². The van der Waals surface area contributed by atoms with Gasteiger partial charge in [0.25, 0.3) is 0 Å². The molecule has 81 valence electrons. The molecule has 0 spiro atoms. The van der Waals surface area contributed by atoms with E-state index in [1.54, 1.807) is 19.2 Å². The second kappa shape index (κ2) is 5.16. The highest BCUT2D eigenvalue weighted by atomic mass is 16.5. The van der Waals surface area contributed by atoms with Crippen LogP contribution in [0, 0.1) is 6.20 Å². The first kappa shape index (κ1) is 10.5. The monoisotopic (exact) mass is 214 g/mol. The molecule has 3 heteroatoms. The fourth-order valence-electron chi connectivity index (χ4n) is 1.37. The summed E-state index contributed by atoms with van der Waals surface area (Å²) in [6.07, 6.45) is 2.72. The van der Waals surface area contributed by atoms with Crippen LogP contribution >= 0.6 is 0 Å². The van der Waals surface area contributed by atoms with Crippen LogP contribution in [0.15, 0.2) is 42.5 Å². The quantitative estimate of drug-likeness (QED) is 0.783. The zero-order chi connectivity index (χ0) is 11.2. The summed E-state index contributed by atoms with van der Waals surface area (Å²) >= 11 is 0. The molecule has 0 saturated heterocycles. The maximum Gasteiger partial charge on any atom is 0.214 e. The van der Waals surface area contributed by atoms with Crippen LogP contribution in [-0.2, 0) is 6.61 Å². The average molecular weight is 214 g/mol. The van der Waals surface area contributed by atoms with Crippen LogP contribution in [0.2, 0.25) is 0 Å². The van der Waals surface area contributed by atoms with Crippen molar-refractivity contribution in [1.82, 2.24) is 4.98 Å². The topological polar surface area (TPSA) is 31.4 Å². The van der Waals surface area contributed by atoms with E-state index in [0.29, 0.717) is 12.5 Å². The molecule has 1 heterocycles. The van der Waals surface area contributed by atoms with Crippen LogP contribution in [0.25, 0.3) is 0 Å². The molecule has 2 rings (SSSR count). The Morgan fingerprint density at radius 1 is 1.19 bits per heavy atom. The molecule has 0 fully saturated rings. The first-order valence-electron chi connectivity index (χ1n) is 4.98. The van der Waals surface area contributed by atoms with Crippen molar-refractivity contribution in [3.8, 4) is 11.6 Å². The average Bonchev–Trinajstić information content (AvgIpc) is 2.38. The SMILES string of the molecule is COc1ccccc1COc1ccc[c]n1. The zero-order valence-electron chi connectivity index (χ0n) is 9.01. The van der Waals surface area contributed by atoms with Gasteiger partial charge in [-0.1, -0.05) is 24.3 Å². The summed E-state index contributed by atoms with van der Waals surface area (Å²) in [7, 11) is 1.65. The fourth-order valence-corrected chi connectivity index (χ4v) is 1.37. The van der Waals surface area contributed by atoms with Gasteiger partial charge in [0.2, 0.25) is 5.88 Å². The summed E-state index contributed by atoms with van der Waals surface area (Å²) in [5.74, 6) is 1.39. The molecular formula is C13H12NO2. The molecular weight excluding hydrogens is 202 g/mol. The molecule has 0 N–H and O–H groups in total. The predicted octanol–water partition coefficient (Wildman–Crippen LogP) is 2.47. The standard InChI is InChI=1S/C13H12NO2/c1-15-12-7-3-2-6-11(12)10-16-13-8-4-5-9-14-13/h2-8H,10H2,1H3. The van der Waals surface area contributed by atoms with Gasteiger partial charge in [0.15, 0.2) is 0 Å². The Bertz CT molecular complexity index is 443. The van der Waals surface area contributed by atoms with E-state index >= 15 is 0 Å². The summed E-state index contributed by atoms with van der Waals surface area (Å²) in [5, 5.41) is 0. The molecule has 2 aromatic rings. The lowest BCUT2D eigenvalue weighted by atomic mass is 10.2. The fraction of sp³-hybridized carbons (Fsp3) is 0.154. The maximum absolute atomic E-state index is 5.51. The number of ether oxygens (including phenoxy) is 2.